The summed E-state index contributed by atoms with van der Waals surface area (Å²) in [6, 6.07) is 7.38. The summed E-state index contributed by atoms with van der Waals surface area (Å²) in [6.45, 7) is 0. The lowest BCUT2D eigenvalue weighted by atomic mass is 10.0. The van der Waals surface area contributed by atoms with Crippen LogP contribution in [0.3, 0.4) is 0 Å². The molecular weight excluding hydrogens is 272 g/mol. The number of fused-ring (bicyclic) bond motifs is 1. The first-order valence-electron chi connectivity index (χ1n) is 6.73. The molecule has 3 nitrogen and oxygen atoms in total. The third-order valence-electron chi connectivity index (χ3n) is 3.50. The average Bonchev–Trinajstić information content (AvgIpc) is 2.91. The van der Waals surface area contributed by atoms with Crippen molar-refractivity contribution < 1.29 is 4.79 Å². The number of carbonyl (C=O) groups excluding carboxylic acids is 1. The average molecular weight is 287 g/mol. The SMILES string of the molecule is O=C(C[C@H]1C=CCC1)Nc1cc(Cl)cc2cccnc12. The number of carbonyl (C=O) groups is 1. The number of pyridine rings is 1. The highest BCUT2D eigenvalue weighted by atomic mass is 35.5. The summed E-state index contributed by atoms with van der Waals surface area (Å²) in [6.07, 6.45) is 8.60. The molecule has 2 aromatic rings. The van der Waals surface area contributed by atoms with Crippen molar-refractivity contribution in [3.05, 3.63) is 47.6 Å². The van der Waals surface area contributed by atoms with Crippen LogP contribution in [0.15, 0.2) is 42.6 Å². The minimum atomic E-state index is 0.00997. The van der Waals surface area contributed by atoms with Gasteiger partial charge in [0.15, 0.2) is 0 Å². The molecule has 1 N–H and O–H groups in total. The predicted octanol–water partition coefficient (Wildman–Crippen LogP) is 4.18. The summed E-state index contributed by atoms with van der Waals surface area (Å²) >= 11 is 6.09. The Morgan fingerprint density at radius 3 is 3.15 bits per heavy atom. The van der Waals surface area contributed by atoms with Crippen molar-refractivity contribution in [1.29, 1.82) is 0 Å². The molecule has 1 aliphatic carbocycles. The number of benzene rings is 1. The van der Waals surface area contributed by atoms with Crippen LogP contribution in [-0.2, 0) is 4.79 Å². The van der Waals surface area contributed by atoms with Crippen LogP contribution in [0, 0.1) is 5.92 Å². The number of aromatic nitrogens is 1. The molecule has 1 aliphatic rings. The van der Waals surface area contributed by atoms with E-state index >= 15 is 0 Å². The van der Waals surface area contributed by atoms with Crippen LogP contribution in [0.2, 0.25) is 5.02 Å². The van der Waals surface area contributed by atoms with Gasteiger partial charge in [0, 0.05) is 23.0 Å². The van der Waals surface area contributed by atoms with Crippen molar-refractivity contribution in [2.45, 2.75) is 19.3 Å². The Bertz CT molecular complexity index is 681. The van der Waals surface area contributed by atoms with E-state index in [9.17, 15) is 4.79 Å². The van der Waals surface area contributed by atoms with Crippen molar-refractivity contribution >= 4 is 34.1 Å². The second kappa shape index (κ2) is 5.63. The quantitative estimate of drug-likeness (QED) is 0.860. The van der Waals surface area contributed by atoms with E-state index in [1.165, 1.54) is 0 Å². The first kappa shape index (κ1) is 13.1. The first-order chi connectivity index (χ1) is 9.72. The van der Waals surface area contributed by atoms with Gasteiger partial charge < -0.3 is 5.32 Å². The van der Waals surface area contributed by atoms with Crippen molar-refractivity contribution in [2.24, 2.45) is 5.92 Å². The molecule has 0 radical (unpaired) electrons. The zero-order valence-electron chi connectivity index (χ0n) is 11.0. The molecule has 0 fully saturated rings. The maximum atomic E-state index is 12.1. The smallest absolute Gasteiger partial charge is 0.225 e. The molecule has 1 atom stereocenters. The van der Waals surface area contributed by atoms with Crippen LogP contribution in [0.5, 0.6) is 0 Å². The molecule has 0 unspecified atom stereocenters. The van der Waals surface area contributed by atoms with E-state index in [-0.39, 0.29) is 5.91 Å². The van der Waals surface area contributed by atoms with E-state index < -0.39 is 0 Å². The highest BCUT2D eigenvalue weighted by Crippen LogP contribution is 2.27. The standard InChI is InChI=1S/C16H15ClN2O/c17-13-9-12-6-3-7-18-16(12)14(10-13)19-15(20)8-11-4-1-2-5-11/h1,3-4,6-7,9-11H,2,5,8H2,(H,19,20)/t11-/m0/s1. The molecule has 3 rings (SSSR count). The summed E-state index contributed by atoms with van der Waals surface area (Å²) in [7, 11) is 0. The van der Waals surface area contributed by atoms with Gasteiger partial charge in [-0.25, -0.2) is 0 Å². The van der Waals surface area contributed by atoms with Gasteiger partial charge in [-0.05, 0) is 37.0 Å². The molecule has 1 aromatic heterocycles. The zero-order valence-corrected chi connectivity index (χ0v) is 11.7. The van der Waals surface area contributed by atoms with E-state index in [1.807, 2.05) is 18.2 Å². The van der Waals surface area contributed by atoms with E-state index in [0.717, 1.165) is 23.7 Å². The van der Waals surface area contributed by atoms with Crippen molar-refractivity contribution in [3.8, 4) is 0 Å². The minimum absolute atomic E-state index is 0.00997. The number of amides is 1. The van der Waals surface area contributed by atoms with Crippen LogP contribution in [0.25, 0.3) is 10.9 Å². The van der Waals surface area contributed by atoms with Crippen LogP contribution in [0.1, 0.15) is 19.3 Å². The monoisotopic (exact) mass is 286 g/mol. The molecule has 1 amide bonds. The molecule has 0 saturated carbocycles. The lowest BCUT2D eigenvalue weighted by Gasteiger charge is -2.11. The van der Waals surface area contributed by atoms with Crippen LogP contribution in [-0.4, -0.2) is 10.9 Å². The van der Waals surface area contributed by atoms with Gasteiger partial charge >= 0.3 is 0 Å². The summed E-state index contributed by atoms with van der Waals surface area (Å²) in [5.41, 5.74) is 1.45. The summed E-state index contributed by atoms with van der Waals surface area (Å²) in [5.74, 6) is 0.365. The molecule has 20 heavy (non-hydrogen) atoms. The first-order valence-corrected chi connectivity index (χ1v) is 7.11. The van der Waals surface area contributed by atoms with Crippen LogP contribution >= 0.6 is 11.6 Å². The lowest BCUT2D eigenvalue weighted by Crippen LogP contribution is -2.15. The van der Waals surface area contributed by atoms with Gasteiger partial charge in [0.1, 0.15) is 0 Å². The molecule has 0 spiro atoms. The fraction of sp³-hybridized carbons (Fsp3) is 0.250. The third kappa shape index (κ3) is 2.83. The number of hydrogen-bond donors (Lipinski definition) is 1. The maximum Gasteiger partial charge on any atom is 0.225 e. The Hall–Kier alpha value is -1.87. The van der Waals surface area contributed by atoms with Gasteiger partial charge in [-0.15, -0.1) is 0 Å². The Labute approximate surface area is 122 Å². The topological polar surface area (TPSA) is 42.0 Å². The highest BCUT2D eigenvalue weighted by Gasteiger charge is 2.15. The molecule has 1 heterocycles. The van der Waals surface area contributed by atoms with Gasteiger partial charge in [0.05, 0.1) is 11.2 Å². The number of nitrogens with zero attached hydrogens (tertiary/aromatic N) is 1. The van der Waals surface area contributed by atoms with Crippen molar-refractivity contribution in [1.82, 2.24) is 4.98 Å². The maximum absolute atomic E-state index is 12.1. The van der Waals surface area contributed by atoms with Crippen LogP contribution in [0.4, 0.5) is 5.69 Å². The van der Waals surface area contributed by atoms with Gasteiger partial charge in [-0.3, -0.25) is 9.78 Å². The second-order valence-corrected chi connectivity index (χ2v) is 5.48. The molecule has 4 heteroatoms. The Balaban J connectivity index is 1.82. The molecule has 0 bridgehead atoms. The molecule has 1 aromatic carbocycles. The second-order valence-electron chi connectivity index (χ2n) is 5.05. The number of allylic oxidation sites excluding steroid dienone is 2. The third-order valence-corrected chi connectivity index (χ3v) is 3.72. The Morgan fingerprint density at radius 1 is 1.45 bits per heavy atom. The molecule has 0 saturated heterocycles. The lowest BCUT2D eigenvalue weighted by molar-refractivity contribution is -0.116. The number of rotatable bonds is 3. The summed E-state index contributed by atoms with van der Waals surface area (Å²) in [4.78, 5) is 16.4. The highest BCUT2D eigenvalue weighted by molar-refractivity contribution is 6.32. The van der Waals surface area contributed by atoms with Gasteiger partial charge in [-0.2, -0.15) is 0 Å². The number of anilines is 1. The van der Waals surface area contributed by atoms with Gasteiger partial charge in [-0.1, -0.05) is 29.8 Å². The van der Waals surface area contributed by atoms with E-state index in [0.29, 0.717) is 23.0 Å². The normalized spacial score (nSPS) is 17.6. The van der Waals surface area contributed by atoms with Gasteiger partial charge in [0.2, 0.25) is 5.91 Å². The van der Waals surface area contributed by atoms with E-state index in [4.69, 9.17) is 11.6 Å². The van der Waals surface area contributed by atoms with E-state index in [2.05, 4.69) is 22.5 Å². The van der Waals surface area contributed by atoms with Crippen LogP contribution < -0.4 is 5.32 Å². The molecule has 0 aliphatic heterocycles. The summed E-state index contributed by atoms with van der Waals surface area (Å²) in [5, 5.41) is 4.46. The number of halogens is 1. The zero-order chi connectivity index (χ0) is 13.9. The Kier molecular flexibility index (Phi) is 3.70. The summed E-state index contributed by atoms with van der Waals surface area (Å²) < 4.78 is 0. The number of hydrogen-bond acceptors (Lipinski definition) is 2. The Morgan fingerprint density at radius 2 is 2.35 bits per heavy atom. The molecule has 102 valence electrons. The van der Waals surface area contributed by atoms with Crippen molar-refractivity contribution in [2.75, 3.05) is 5.32 Å². The largest absolute Gasteiger partial charge is 0.324 e. The fourth-order valence-electron chi connectivity index (χ4n) is 2.56. The fourth-order valence-corrected chi connectivity index (χ4v) is 2.78. The number of nitrogens with one attached hydrogen (secondary N) is 1. The van der Waals surface area contributed by atoms with Crippen molar-refractivity contribution in [3.63, 3.8) is 0 Å². The minimum Gasteiger partial charge on any atom is -0.324 e. The van der Waals surface area contributed by atoms with Gasteiger partial charge in [0.25, 0.3) is 0 Å². The molecular formula is C16H15ClN2O. The predicted molar refractivity (Wildman–Crippen MR) is 81.9 cm³/mol. The van der Waals surface area contributed by atoms with E-state index in [1.54, 1.807) is 12.3 Å².